The van der Waals surface area contributed by atoms with Gasteiger partial charge in [-0.05, 0) is 25.8 Å². The third-order valence-corrected chi connectivity index (χ3v) is 4.41. The molecule has 2 aromatic rings. The summed E-state index contributed by atoms with van der Waals surface area (Å²) in [5, 5.41) is 5.04. The number of aryl methyl sites for hydroxylation is 1. The fourth-order valence-electron chi connectivity index (χ4n) is 3.08. The zero-order valence-corrected chi connectivity index (χ0v) is 13.5. The molecule has 1 saturated carbocycles. The number of amides is 2. The molecule has 0 atom stereocenters. The summed E-state index contributed by atoms with van der Waals surface area (Å²) in [6, 6.07) is 6.83. The van der Waals surface area contributed by atoms with Crippen LogP contribution in [0, 0.1) is 5.92 Å². The highest BCUT2D eigenvalue weighted by Crippen LogP contribution is 2.24. The molecular weight excluding hydrogens is 308 g/mol. The number of carbonyl (C=O) groups excluding carboxylic acids is 2. The van der Waals surface area contributed by atoms with Crippen molar-refractivity contribution in [1.29, 1.82) is 0 Å². The molecule has 1 aliphatic rings. The van der Waals surface area contributed by atoms with Gasteiger partial charge < -0.3 is 0 Å². The predicted molar refractivity (Wildman–Crippen MR) is 89.2 cm³/mol. The standard InChI is InChI=1S/C17H20N4O3/c1-2-21-17(24)13-10-6-5-9-12(13)14(20-21)16(23)19-18-15(22)11-7-3-4-8-11/h5-6,9-11H,2-4,7-8H2,1H3,(H,18,22)(H,19,23). The molecule has 1 aromatic carbocycles. The minimum Gasteiger partial charge on any atom is -0.273 e. The van der Waals surface area contributed by atoms with Crippen molar-refractivity contribution in [2.75, 3.05) is 0 Å². The van der Waals surface area contributed by atoms with Gasteiger partial charge in [-0.15, -0.1) is 0 Å². The number of hydrogen-bond donors (Lipinski definition) is 2. The number of carbonyl (C=O) groups is 2. The molecule has 1 fully saturated rings. The number of aromatic nitrogens is 2. The predicted octanol–water partition coefficient (Wildman–Crippen LogP) is 1.37. The van der Waals surface area contributed by atoms with E-state index < -0.39 is 5.91 Å². The molecule has 7 nitrogen and oxygen atoms in total. The van der Waals surface area contributed by atoms with Crippen LogP contribution >= 0.6 is 0 Å². The monoisotopic (exact) mass is 328 g/mol. The lowest BCUT2D eigenvalue weighted by Gasteiger charge is -2.13. The first-order valence-electron chi connectivity index (χ1n) is 8.22. The van der Waals surface area contributed by atoms with Gasteiger partial charge in [0, 0.05) is 17.8 Å². The highest BCUT2D eigenvalue weighted by Gasteiger charge is 2.23. The van der Waals surface area contributed by atoms with E-state index in [1.54, 1.807) is 31.2 Å². The molecule has 0 saturated heterocycles. The van der Waals surface area contributed by atoms with E-state index in [0.717, 1.165) is 25.7 Å². The quantitative estimate of drug-likeness (QED) is 0.832. The molecule has 0 spiro atoms. The lowest BCUT2D eigenvalue weighted by Crippen LogP contribution is -2.45. The Bertz CT molecular complexity index is 837. The molecule has 1 aliphatic carbocycles. The number of hydrazine groups is 1. The van der Waals surface area contributed by atoms with Gasteiger partial charge in [0.05, 0.1) is 5.39 Å². The Kier molecular flexibility index (Phi) is 4.59. The zero-order chi connectivity index (χ0) is 17.1. The maximum Gasteiger partial charge on any atom is 0.290 e. The van der Waals surface area contributed by atoms with Crippen molar-refractivity contribution in [3.8, 4) is 0 Å². The molecule has 2 N–H and O–H groups in total. The van der Waals surface area contributed by atoms with E-state index in [0.29, 0.717) is 17.3 Å². The first-order valence-corrected chi connectivity index (χ1v) is 8.22. The van der Waals surface area contributed by atoms with Gasteiger partial charge in [-0.25, -0.2) is 4.68 Å². The number of hydrogen-bond acceptors (Lipinski definition) is 4. The van der Waals surface area contributed by atoms with Gasteiger partial charge in [0.15, 0.2) is 5.69 Å². The van der Waals surface area contributed by atoms with Crippen LogP contribution < -0.4 is 16.4 Å². The lowest BCUT2D eigenvalue weighted by molar-refractivity contribution is -0.125. The summed E-state index contributed by atoms with van der Waals surface area (Å²) >= 11 is 0. The SMILES string of the molecule is CCn1nc(C(=O)NNC(=O)C2CCCC2)c2ccccc2c1=O. The number of nitrogens with zero attached hydrogens (tertiary/aromatic N) is 2. The molecule has 2 amide bonds. The van der Waals surface area contributed by atoms with Gasteiger partial charge in [0.2, 0.25) is 5.91 Å². The Hall–Kier alpha value is -2.70. The maximum absolute atomic E-state index is 12.5. The average Bonchev–Trinajstić information content (AvgIpc) is 3.15. The molecule has 1 aromatic heterocycles. The molecule has 3 rings (SSSR count). The third kappa shape index (κ3) is 3.02. The number of fused-ring (bicyclic) bond motifs is 1. The third-order valence-electron chi connectivity index (χ3n) is 4.41. The number of rotatable bonds is 3. The summed E-state index contributed by atoms with van der Waals surface area (Å²) in [5.41, 5.74) is 4.78. The molecule has 0 radical (unpaired) electrons. The molecule has 126 valence electrons. The second kappa shape index (κ2) is 6.82. The summed E-state index contributed by atoms with van der Waals surface area (Å²) in [6.45, 7) is 2.14. The van der Waals surface area contributed by atoms with Crippen LogP contribution in [0.15, 0.2) is 29.1 Å². The minimum absolute atomic E-state index is 0.0420. The zero-order valence-electron chi connectivity index (χ0n) is 13.5. The molecular formula is C17H20N4O3. The highest BCUT2D eigenvalue weighted by molar-refractivity contribution is 6.05. The van der Waals surface area contributed by atoms with Crippen LogP contribution in [0.5, 0.6) is 0 Å². The highest BCUT2D eigenvalue weighted by atomic mass is 16.2. The molecule has 0 bridgehead atoms. The normalized spacial score (nSPS) is 14.7. The number of benzene rings is 1. The van der Waals surface area contributed by atoms with E-state index in [4.69, 9.17) is 0 Å². The molecule has 7 heteroatoms. The van der Waals surface area contributed by atoms with Crippen molar-refractivity contribution in [1.82, 2.24) is 20.6 Å². The van der Waals surface area contributed by atoms with Gasteiger partial charge in [-0.2, -0.15) is 5.10 Å². The van der Waals surface area contributed by atoms with E-state index in [1.807, 2.05) is 0 Å². The first-order chi connectivity index (χ1) is 11.6. The molecule has 1 heterocycles. The van der Waals surface area contributed by atoms with Crippen LogP contribution in [0.2, 0.25) is 0 Å². The van der Waals surface area contributed by atoms with Crippen LogP contribution in [0.4, 0.5) is 0 Å². The maximum atomic E-state index is 12.5. The molecule has 0 unspecified atom stereocenters. The van der Waals surface area contributed by atoms with Crippen LogP contribution in [0.1, 0.15) is 43.1 Å². The Balaban J connectivity index is 1.85. The van der Waals surface area contributed by atoms with E-state index >= 15 is 0 Å². The van der Waals surface area contributed by atoms with Crippen molar-refractivity contribution >= 4 is 22.6 Å². The molecule has 24 heavy (non-hydrogen) atoms. The van der Waals surface area contributed by atoms with Crippen molar-refractivity contribution in [2.24, 2.45) is 5.92 Å². The Morgan fingerprint density at radius 3 is 2.50 bits per heavy atom. The second-order valence-electron chi connectivity index (χ2n) is 5.94. The van der Waals surface area contributed by atoms with Crippen molar-refractivity contribution in [2.45, 2.75) is 39.2 Å². The van der Waals surface area contributed by atoms with Crippen molar-refractivity contribution < 1.29 is 9.59 Å². The molecule has 0 aliphatic heterocycles. The van der Waals surface area contributed by atoms with E-state index in [2.05, 4.69) is 16.0 Å². The van der Waals surface area contributed by atoms with E-state index in [9.17, 15) is 14.4 Å². The fourth-order valence-corrected chi connectivity index (χ4v) is 3.08. The first kappa shape index (κ1) is 16.2. The summed E-state index contributed by atoms with van der Waals surface area (Å²) in [5.74, 6) is -0.742. The Labute approximate surface area is 139 Å². The second-order valence-corrected chi connectivity index (χ2v) is 5.94. The Morgan fingerprint density at radius 2 is 1.83 bits per heavy atom. The summed E-state index contributed by atoms with van der Waals surface area (Å²) in [7, 11) is 0. The van der Waals surface area contributed by atoms with Crippen molar-refractivity contribution in [3.63, 3.8) is 0 Å². The van der Waals surface area contributed by atoms with E-state index in [1.165, 1.54) is 4.68 Å². The van der Waals surface area contributed by atoms with Crippen LogP contribution in [0.25, 0.3) is 10.8 Å². The van der Waals surface area contributed by atoms with E-state index in [-0.39, 0.29) is 23.1 Å². The van der Waals surface area contributed by atoms with Crippen LogP contribution in [-0.2, 0) is 11.3 Å². The minimum atomic E-state index is -0.528. The van der Waals surface area contributed by atoms with Crippen LogP contribution in [0.3, 0.4) is 0 Å². The Morgan fingerprint density at radius 1 is 1.17 bits per heavy atom. The van der Waals surface area contributed by atoms with Crippen LogP contribution in [-0.4, -0.2) is 21.6 Å². The summed E-state index contributed by atoms with van der Waals surface area (Å²) in [6.07, 6.45) is 3.78. The fraction of sp³-hybridized carbons (Fsp3) is 0.412. The van der Waals surface area contributed by atoms with Gasteiger partial charge in [0.1, 0.15) is 0 Å². The van der Waals surface area contributed by atoms with Gasteiger partial charge in [0.25, 0.3) is 11.5 Å². The topological polar surface area (TPSA) is 93.1 Å². The summed E-state index contributed by atoms with van der Waals surface area (Å²) < 4.78 is 1.25. The largest absolute Gasteiger partial charge is 0.290 e. The number of nitrogens with one attached hydrogen (secondary N) is 2. The summed E-state index contributed by atoms with van der Waals surface area (Å²) in [4.78, 5) is 36.7. The average molecular weight is 328 g/mol. The van der Waals surface area contributed by atoms with Gasteiger partial charge >= 0.3 is 0 Å². The van der Waals surface area contributed by atoms with Gasteiger partial charge in [-0.1, -0.05) is 31.0 Å². The smallest absolute Gasteiger partial charge is 0.273 e. The van der Waals surface area contributed by atoms with Crippen molar-refractivity contribution in [3.05, 3.63) is 40.3 Å². The lowest BCUT2D eigenvalue weighted by atomic mass is 10.1. The van der Waals surface area contributed by atoms with Gasteiger partial charge in [-0.3, -0.25) is 25.2 Å².